The van der Waals surface area contributed by atoms with Crippen LogP contribution in [0.3, 0.4) is 0 Å². The number of rotatable bonds is 3. The predicted molar refractivity (Wildman–Crippen MR) is 57.2 cm³/mol. The number of benzene rings is 1. The van der Waals surface area contributed by atoms with Gasteiger partial charge in [0.2, 0.25) is 0 Å². The summed E-state index contributed by atoms with van der Waals surface area (Å²) in [5.74, 6) is 0. The molecule has 1 atom stereocenters. The first-order valence-electron chi connectivity index (χ1n) is 5.11. The molecule has 1 fully saturated rings. The van der Waals surface area contributed by atoms with Crippen molar-refractivity contribution in [1.82, 2.24) is 20.3 Å². The average molecular weight is 200 g/mol. The van der Waals surface area contributed by atoms with Crippen LogP contribution < -0.4 is 5.32 Å². The van der Waals surface area contributed by atoms with Crippen LogP contribution >= 0.6 is 0 Å². The Morgan fingerprint density at radius 2 is 2.13 bits per heavy atom. The molecule has 0 aliphatic carbocycles. The van der Waals surface area contributed by atoms with Crippen molar-refractivity contribution in [3.05, 3.63) is 36.5 Å². The molecule has 4 heteroatoms. The lowest BCUT2D eigenvalue weighted by Gasteiger charge is -1.94. The molecule has 0 bridgehead atoms. The molecule has 15 heavy (non-hydrogen) atoms. The number of hydrogen-bond acceptors (Lipinski definition) is 3. The van der Waals surface area contributed by atoms with E-state index >= 15 is 0 Å². The van der Waals surface area contributed by atoms with Crippen LogP contribution in [0.5, 0.6) is 0 Å². The van der Waals surface area contributed by atoms with Gasteiger partial charge < -0.3 is 5.32 Å². The van der Waals surface area contributed by atoms with E-state index in [0.29, 0.717) is 6.04 Å². The van der Waals surface area contributed by atoms with E-state index in [4.69, 9.17) is 0 Å². The highest BCUT2D eigenvalue weighted by Crippen LogP contribution is 2.15. The van der Waals surface area contributed by atoms with Crippen molar-refractivity contribution in [2.24, 2.45) is 0 Å². The van der Waals surface area contributed by atoms with Crippen LogP contribution in [-0.4, -0.2) is 27.6 Å². The molecule has 2 aromatic rings. The standard InChI is InChI=1S/C11H12N4/c1-2-4-9(5-3-1)11-8-15(14-13-11)7-10-6-12-10/h1-5,8,10,12H,6-7H2. The van der Waals surface area contributed by atoms with Gasteiger partial charge in [0.25, 0.3) is 0 Å². The molecule has 1 saturated heterocycles. The molecule has 0 radical (unpaired) electrons. The first-order chi connectivity index (χ1) is 7.42. The topological polar surface area (TPSA) is 52.7 Å². The maximum atomic E-state index is 4.15. The minimum atomic E-state index is 0.593. The first kappa shape index (κ1) is 8.61. The Morgan fingerprint density at radius 1 is 1.33 bits per heavy atom. The zero-order valence-corrected chi connectivity index (χ0v) is 8.30. The van der Waals surface area contributed by atoms with Gasteiger partial charge in [-0.25, -0.2) is 0 Å². The second kappa shape index (κ2) is 3.47. The molecule has 1 N–H and O–H groups in total. The maximum Gasteiger partial charge on any atom is 0.113 e. The van der Waals surface area contributed by atoms with E-state index in [2.05, 4.69) is 15.6 Å². The van der Waals surface area contributed by atoms with Crippen LogP contribution in [0.4, 0.5) is 0 Å². The molecule has 1 aromatic carbocycles. The number of aromatic nitrogens is 3. The smallest absolute Gasteiger partial charge is 0.113 e. The van der Waals surface area contributed by atoms with Gasteiger partial charge in [-0.15, -0.1) is 5.10 Å². The zero-order chi connectivity index (χ0) is 10.1. The number of hydrogen-bond donors (Lipinski definition) is 1. The van der Waals surface area contributed by atoms with Gasteiger partial charge in [0.1, 0.15) is 5.69 Å². The van der Waals surface area contributed by atoms with Gasteiger partial charge in [0.05, 0.1) is 12.7 Å². The second-order valence-corrected chi connectivity index (χ2v) is 3.80. The van der Waals surface area contributed by atoms with Crippen LogP contribution in [0.25, 0.3) is 11.3 Å². The Bertz CT molecular complexity index is 445. The van der Waals surface area contributed by atoms with E-state index in [0.717, 1.165) is 24.3 Å². The fourth-order valence-electron chi connectivity index (χ4n) is 1.57. The molecule has 1 aromatic heterocycles. The van der Waals surface area contributed by atoms with E-state index in [1.165, 1.54) is 0 Å². The Morgan fingerprint density at radius 3 is 2.87 bits per heavy atom. The summed E-state index contributed by atoms with van der Waals surface area (Å²) >= 11 is 0. The first-order valence-corrected chi connectivity index (χ1v) is 5.11. The van der Waals surface area contributed by atoms with E-state index in [-0.39, 0.29) is 0 Å². The Balaban J connectivity index is 1.83. The summed E-state index contributed by atoms with van der Waals surface area (Å²) in [7, 11) is 0. The Labute approximate surface area is 87.9 Å². The van der Waals surface area contributed by atoms with Crippen LogP contribution in [0.1, 0.15) is 0 Å². The van der Waals surface area contributed by atoms with Crippen molar-refractivity contribution >= 4 is 0 Å². The lowest BCUT2D eigenvalue weighted by atomic mass is 10.2. The molecule has 76 valence electrons. The van der Waals surface area contributed by atoms with E-state index < -0.39 is 0 Å². The highest BCUT2D eigenvalue weighted by Gasteiger charge is 2.20. The van der Waals surface area contributed by atoms with Gasteiger partial charge in [-0.2, -0.15) is 0 Å². The predicted octanol–water partition coefficient (Wildman–Crippen LogP) is 0.917. The molecule has 4 nitrogen and oxygen atoms in total. The molecule has 1 aliphatic heterocycles. The third-order valence-corrected chi connectivity index (χ3v) is 2.51. The fourth-order valence-corrected chi connectivity index (χ4v) is 1.57. The molecular formula is C11H12N4. The molecule has 0 spiro atoms. The molecule has 1 unspecified atom stereocenters. The van der Waals surface area contributed by atoms with Gasteiger partial charge in [-0.05, 0) is 0 Å². The van der Waals surface area contributed by atoms with Gasteiger partial charge >= 0.3 is 0 Å². The van der Waals surface area contributed by atoms with Crippen LogP contribution in [-0.2, 0) is 6.54 Å². The summed E-state index contributed by atoms with van der Waals surface area (Å²) in [6.45, 7) is 2.01. The highest BCUT2D eigenvalue weighted by molar-refractivity contribution is 5.57. The van der Waals surface area contributed by atoms with E-state index in [1.54, 1.807) is 0 Å². The summed E-state index contributed by atoms with van der Waals surface area (Å²) in [6.07, 6.45) is 2.00. The number of nitrogens with zero attached hydrogens (tertiary/aromatic N) is 3. The van der Waals surface area contributed by atoms with Crippen molar-refractivity contribution in [3.63, 3.8) is 0 Å². The fraction of sp³-hybridized carbons (Fsp3) is 0.273. The molecular weight excluding hydrogens is 188 g/mol. The quantitative estimate of drug-likeness (QED) is 0.749. The van der Waals surface area contributed by atoms with Gasteiger partial charge in [0.15, 0.2) is 0 Å². The van der Waals surface area contributed by atoms with Crippen molar-refractivity contribution in [1.29, 1.82) is 0 Å². The largest absolute Gasteiger partial charge is 0.309 e. The van der Waals surface area contributed by atoms with Crippen molar-refractivity contribution in [2.75, 3.05) is 6.54 Å². The van der Waals surface area contributed by atoms with Crippen LogP contribution in [0.2, 0.25) is 0 Å². The minimum absolute atomic E-state index is 0.593. The molecule has 2 heterocycles. The lowest BCUT2D eigenvalue weighted by molar-refractivity contribution is 0.582. The third kappa shape index (κ3) is 1.89. The van der Waals surface area contributed by atoms with Gasteiger partial charge in [-0.1, -0.05) is 35.5 Å². The van der Waals surface area contributed by atoms with Crippen molar-refractivity contribution in [3.8, 4) is 11.3 Å². The Hall–Kier alpha value is -1.68. The second-order valence-electron chi connectivity index (χ2n) is 3.80. The zero-order valence-electron chi connectivity index (χ0n) is 8.30. The normalized spacial score (nSPS) is 19.1. The van der Waals surface area contributed by atoms with Crippen LogP contribution in [0, 0.1) is 0 Å². The van der Waals surface area contributed by atoms with E-state index in [9.17, 15) is 0 Å². The molecule has 0 saturated carbocycles. The third-order valence-electron chi connectivity index (χ3n) is 2.51. The van der Waals surface area contributed by atoms with Crippen molar-refractivity contribution < 1.29 is 0 Å². The van der Waals surface area contributed by atoms with Crippen molar-refractivity contribution in [2.45, 2.75) is 12.6 Å². The van der Waals surface area contributed by atoms with Gasteiger partial charge in [-0.3, -0.25) is 4.68 Å². The summed E-state index contributed by atoms with van der Waals surface area (Å²) < 4.78 is 1.90. The summed E-state index contributed by atoms with van der Waals surface area (Å²) in [6, 6.07) is 10.7. The lowest BCUT2D eigenvalue weighted by Crippen LogP contribution is -2.06. The number of nitrogens with one attached hydrogen (secondary N) is 1. The average Bonchev–Trinajstić information content (AvgIpc) is 2.96. The monoisotopic (exact) mass is 200 g/mol. The molecule has 3 rings (SSSR count). The minimum Gasteiger partial charge on any atom is -0.309 e. The summed E-state index contributed by atoms with van der Waals surface area (Å²) in [4.78, 5) is 0. The van der Waals surface area contributed by atoms with E-state index in [1.807, 2.05) is 41.2 Å². The van der Waals surface area contributed by atoms with Gasteiger partial charge in [0, 0.05) is 18.2 Å². The Kier molecular flexibility index (Phi) is 1.99. The SMILES string of the molecule is c1ccc(-c2cn(CC3CN3)nn2)cc1. The molecule has 1 aliphatic rings. The molecule has 0 amide bonds. The highest BCUT2D eigenvalue weighted by atomic mass is 15.4. The summed E-state index contributed by atoms with van der Waals surface area (Å²) in [5, 5.41) is 11.5. The maximum absolute atomic E-state index is 4.15. The van der Waals surface area contributed by atoms with Crippen LogP contribution in [0.15, 0.2) is 36.5 Å². The summed E-state index contributed by atoms with van der Waals surface area (Å²) in [5.41, 5.74) is 2.06.